The minimum atomic E-state index is -0.522. The molecule has 2 aromatic heterocycles. The third-order valence-corrected chi connectivity index (χ3v) is 4.59. The van der Waals surface area contributed by atoms with Gasteiger partial charge in [-0.2, -0.15) is 0 Å². The van der Waals surface area contributed by atoms with Crippen molar-refractivity contribution in [1.82, 2.24) is 15.3 Å². The molecule has 1 amide bonds. The molecule has 27 heavy (non-hydrogen) atoms. The molecule has 1 N–H and O–H groups in total. The largest absolute Gasteiger partial charge is 0.353 e. The number of carbonyl (C=O) groups excluding carboxylic acids is 2. The van der Waals surface area contributed by atoms with Crippen LogP contribution in [-0.4, -0.2) is 47.8 Å². The first-order valence-electron chi connectivity index (χ1n) is 9.35. The van der Waals surface area contributed by atoms with E-state index in [1.165, 1.54) is 0 Å². The number of piperazine rings is 1. The first kappa shape index (κ1) is 18.8. The first-order valence-corrected chi connectivity index (χ1v) is 9.35. The molecule has 1 saturated heterocycles. The number of nitrogens with one attached hydrogen (secondary N) is 1. The van der Waals surface area contributed by atoms with Gasteiger partial charge in [0.15, 0.2) is 0 Å². The summed E-state index contributed by atoms with van der Waals surface area (Å²) in [6, 6.07) is 9.72. The van der Waals surface area contributed by atoms with Crippen LogP contribution < -0.4 is 15.1 Å². The third-order valence-electron chi connectivity index (χ3n) is 4.59. The van der Waals surface area contributed by atoms with Crippen molar-refractivity contribution < 1.29 is 9.59 Å². The predicted octanol–water partition coefficient (Wildman–Crippen LogP) is 1.79. The molecule has 2 aromatic rings. The summed E-state index contributed by atoms with van der Waals surface area (Å²) < 4.78 is 0. The van der Waals surface area contributed by atoms with E-state index in [9.17, 15) is 9.59 Å². The van der Waals surface area contributed by atoms with Gasteiger partial charge in [0, 0.05) is 57.1 Å². The zero-order valence-corrected chi connectivity index (χ0v) is 15.6. The molecular weight excluding hydrogens is 342 g/mol. The number of pyridine rings is 2. The van der Waals surface area contributed by atoms with E-state index >= 15 is 0 Å². The molecule has 3 rings (SSSR count). The van der Waals surface area contributed by atoms with E-state index in [4.69, 9.17) is 0 Å². The van der Waals surface area contributed by atoms with Crippen LogP contribution in [0.3, 0.4) is 0 Å². The number of nitrogens with zero attached hydrogens (tertiary/aromatic N) is 4. The van der Waals surface area contributed by atoms with Crippen molar-refractivity contribution in [2.75, 3.05) is 36.0 Å². The molecule has 0 atom stereocenters. The molecule has 0 saturated carbocycles. The monoisotopic (exact) mass is 367 g/mol. The van der Waals surface area contributed by atoms with E-state index in [0.29, 0.717) is 13.0 Å². The standard InChI is InChI=1S/C20H25N5O2/c1-2-6-17(26)20(27)23-15-16-7-5-10-22-19(16)25-13-11-24(12-14-25)18-8-3-4-9-21-18/h3-5,7-10H,2,6,11-15H2,1H3,(H,23,27). The summed E-state index contributed by atoms with van der Waals surface area (Å²) in [6.45, 7) is 5.54. The Morgan fingerprint density at radius 3 is 2.44 bits per heavy atom. The van der Waals surface area contributed by atoms with Gasteiger partial charge in [-0.25, -0.2) is 9.97 Å². The van der Waals surface area contributed by atoms with Crippen LogP contribution in [0, 0.1) is 0 Å². The first-order chi connectivity index (χ1) is 13.2. The second-order valence-corrected chi connectivity index (χ2v) is 6.50. The molecule has 3 heterocycles. The van der Waals surface area contributed by atoms with Gasteiger partial charge in [0.25, 0.3) is 5.91 Å². The number of ketones is 1. The lowest BCUT2D eigenvalue weighted by atomic mass is 10.2. The molecule has 7 nitrogen and oxygen atoms in total. The van der Waals surface area contributed by atoms with Crippen molar-refractivity contribution in [3.05, 3.63) is 48.3 Å². The summed E-state index contributed by atoms with van der Waals surface area (Å²) >= 11 is 0. The molecule has 1 aliphatic rings. The minimum absolute atomic E-state index is 0.279. The highest BCUT2D eigenvalue weighted by Crippen LogP contribution is 2.20. The smallest absolute Gasteiger partial charge is 0.287 e. The zero-order chi connectivity index (χ0) is 19.1. The quantitative estimate of drug-likeness (QED) is 0.752. The average molecular weight is 367 g/mol. The fourth-order valence-electron chi connectivity index (χ4n) is 3.16. The van der Waals surface area contributed by atoms with E-state index < -0.39 is 5.91 Å². The fourth-order valence-corrected chi connectivity index (χ4v) is 3.16. The number of amides is 1. The van der Waals surface area contributed by atoms with Gasteiger partial charge in [0.05, 0.1) is 0 Å². The van der Waals surface area contributed by atoms with E-state index in [-0.39, 0.29) is 12.2 Å². The van der Waals surface area contributed by atoms with Crippen LogP contribution in [0.5, 0.6) is 0 Å². The SMILES string of the molecule is CCCC(=O)C(=O)NCc1cccnc1N1CCN(c2ccccn2)CC1. The second-order valence-electron chi connectivity index (χ2n) is 6.50. The predicted molar refractivity (Wildman–Crippen MR) is 105 cm³/mol. The number of carbonyl (C=O) groups is 2. The highest BCUT2D eigenvalue weighted by atomic mass is 16.2. The Hall–Kier alpha value is -2.96. The van der Waals surface area contributed by atoms with Crippen LogP contribution in [0.15, 0.2) is 42.7 Å². The van der Waals surface area contributed by atoms with Gasteiger partial charge in [0.1, 0.15) is 11.6 Å². The minimum Gasteiger partial charge on any atom is -0.353 e. The Kier molecular flexibility index (Phi) is 6.35. The lowest BCUT2D eigenvalue weighted by Crippen LogP contribution is -2.47. The second kappa shape index (κ2) is 9.12. The van der Waals surface area contributed by atoms with Gasteiger partial charge >= 0.3 is 0 Å². The molecule has 0 unspecified atom stereocenters. The van der Waals surface area contributed by atoms with Gasteiger partial charge in [-0.15, -0.1) is 0 Å². The summed E-state index contributed by atoms with van der Waals surface area (Å²) in [5, 5.41) is 2.72. The molecular formula is C20H25N5O2. The Morgan fingerprint density at radius 2 is 1.74 bits per heavy atom. The van der Waals surface area contributed by atoms with Gasteiger partial charge < -0.3 is 15.1 Å². The van der Waals surface area contributed by atoms with Gasteiger partial charge in [-0.05, 0) is 24.6 Å². The Labute approximate surface area is 159 Å². The number of rotatable bonds is 7. The molecule has 0 radical (unpaired) electrons. The maximum Gasteiger partial charge on any atom is 0.287 e. The van der Waals surface area contributed by atoms with Crippen molar-refractivity contribution in [1.29, 1.82) is 0 Å². The average Bonchev–Trinajstić information content (AvgIpc) is 2.73. The van der Waals surface area contributed by atoms with Crippen molar-refractivity contribution in [3.63, 3.8) is 0 Å². The number of anilines is 2. The van der Waals surface area contributed by atoms with E-state index in [1.807, 2.05) is 37.3 Å². The van der Waals surface area contributed by atoms with E-state index in [0.717, 1.165) is 43.4 Å². The van der Waals surface area contributed by atoms with Crippen LogP contribution in [-0.2, 0) is 16.1 Å². The van der Waals surface area contributed by atoms with Crippen LogP contribution in [0.4, 0.5) is 11.6 Å². The summed E-state index contributed by atoms with van der Waals surface area (Å²) in [7, 11) is 0. The van der Waals surface area contributed by atoms with Crippen LogP contribution >= 0.6 is 0 Å². The molecule has 142 valence electrons. The fraction of sp³-hybridized carbons (Fsp3) is 0.400. The van der Waals surface area contributed by atoms with Crippen molar-refractivity contribution >= 4 is 23.3 Å². The van der Waals surface area contributed by atoms with Crippen molar-refractivity contribution in [2.24, 2.45) is 0 Å². The van der Waals surface area contributed by atoms with Gasteiger partial charge in [-0.3, -0.25) is 9.59 Å². The Morgan fingerprint density at radius 1 is 1.00 bits per heavy atom. The molecule has 0 aliphatic carbocycles. The zero-order valence-electron chi connectivity index (χ0n) is 15.6. The van der Waals surface area contributed by atoms with E-state index in [2.05, 4.69) is 25.1 Å². The molecule has 1 aliphatic heterocycles. The molecule has 7 heteroatoms. The summed E-state index contributed by atoms with van der Waals surface area (Å²) in [6.07, 6.45) is 4.52. The van der Waals surface area contributed by atoms with E-state index in [1.54, 1.807) is 12.4 Å². The van der Waals surface area contributed by atoms with Gasteiger partial charge in [-0.1, -0.05) is 19.1 Å². The van der Waals surface area contributed by atoms with Crippen molar-refractivity contribution in [2.45, 2.75) is 26.3 Å². The number of hydrogen-bond acceptors (Lipinski definition) is 6. The lowest BCUT2D eigenvalue weighted by Gasteiger charge is -2.36. The van der Waals surface area contributed by atoms with Crippen LogP contribution in [0.2, 0.25) is 0 Å². The topological polar surface area (TPSA) is 78.4 Å². The highest BCUT2D eigenvalue weighted by Gasteiger charge is 2.21. The van der Waals surface area contributed by atoms with Crippen LogP contribution in [0.25, 0.3) is 0 Å². The van der Waals surface area contributed by atoms with Gasteiger partial charge in [0.2, 0.25) is 5.78 Å². The lowest BCUT2D eigenvalue weighted by molar-refractivity contribution is -0.138. The van der Waals surface area contributed by atoms with Crippen molar-refractivity contribution in [3.8, 4) is 0 Å². The number of hydrogen-bond donors (Lipinski definition) is 1. The summed E-state index contributed by atoms with van der Waals surface area (Å²) in [4.78, 5) is 37.0. The molecule has 0 bridgehead atoms. The molecule has 0 aromatic carbocycles. The summed E-state index contributed by atoms with van der Waals surface area (Å²) in [5.41, 5.74) is 0.918. The maximum atomic E-state index is 11.9. The normalized spacial score (nSPS) is 14.1. The Bertz CT molecular complexity index is 773. The third kappa shape index (κ3) is 4.81. The maximum absolute atomic E-state index is 11.9. The number of Topliss-reactive ketones (excluding diaryl/α,β-unsaturated/α-hetero) is 1. The highest BCUT2D eigenvalue weighted by molar-refractivity contribution is 6.36. The Balaban J connectivity index is 1.61. The molecule has 1 fully saturated rings. The van der Waals surface area contributed by atoms with Crippen LogP contribution in [0.1, 0.15) is 25.3 Å². The summed E-state index contributed by atoms with van der Waals surface area (Å²) in [5.74, 6) is 0.958. The molecule has 0 spiro atoms. The number of aromatic nitrogens is 2.